The first-order chi connectivity index (χ1) is 12.2. The number of hydrogen-bond donors (Lipinski definition) is 2. The second-order valence-corrected chi connectivity index (χ2v) is 5.79. The molecule has 0 unspecified atom stereocenters. The fraction of sp³-hybridized carbons (Fsp3) is 0.105. The molecule has 0 spiro atoms. The van der Waals surface area contributed by atoms with Crippen molar-refractivity contribution in [3.05, 3.63) is 66.2 Å². The molecule has 1 amide bonds. The minimum absolute atomic E-state index is 0.0638. The van der Waals surface area contributed by atoms with Crippen molar-refractivity contribution >= 4 is 22.5 Å². The summed E-state index contributed by atoms with van der Waals surface area (Å²) in [7, 11) is 0. The Morgan fingerprint density at radius 2 is 1.92 bits per heavy atom. The van der Waals surface area contributed by atoms with Crippen LogP contribution in [0.2, 0.25) is 0 Å². The van der Waals surface area contributed by atoms with Crippen molar-refractivity contribution in [2.24, 2.45) is 0 Å². The number of carbonyl (C=O) groups is 1. The average Bonchev–Trinajstić information content (AvgIpc) is 3.22. The molecule has 0 atom stereocenters. The summed E-state index contributed by atoms with van der Waals surface area (Å²) in [6.07, 6.45) is 2.19. The quantitative estimate of drug-likeness (QED) is 0.597. The molecule has 2 heterocycles. The molecule has 0 radical (unpaired) electrons. The molecule has 4 rings (SSSR count). The standard InChI is InChI=1S/C19H16N4O2/c1-12-22-23-19(25-12)13-6-8-15(9-7-13)21-18(24)10-14-11-20-17-5-3-2-4-16(14)17/h2-9,11,20H,10H2,1H3,(H,21,24). The number of rotatable bonds is 4. The van der Waals surface area contributed by atoms with Gasteiger partial charge in [-0.25, -0.2) is 0 Å². The van der Waals surface area contributed by atoms with Crippen LogP contribution in [0.3, 0.4) is 0 Å². The molecular formula is C19H16N4O2. The van der Waals surface area contributed by atoms with E-state index in [1.807, 2.05) is 54.7 Å². The molecule has 0 saturated carbocycles. The van der Waals surface area contributed by atoms with Gasteiger partial charge in [0.1, 0.15) is 0 Å². The van der Waals surface area contributed by atoms with E-state index in [-0.39, 0.29) is 5.91 Å². The molecule has 25 heavy (non-hydrogen) atoms. The Hall–Kier alpha value is -3.41. The third kappa shape index (κ3) is 3.14. The molecule has 6 heteroatoms. The van der Waals surface area contributed by atoms with Crippen LogP contribution in [-0.4, -0.2) is 21.1 Å². The lowest BCUT2D eigenvalue weighted by Gasteiger charge is -2.05. The van der Waals surface area contributed by atoms with Gasteiger partial charge < -0.3 is 14.7 Å². The van der Waals surface area contributed by atoms with Crippen LogP contribution in [0.4, 0.5) is 5.69 Å². The van der Waals surface area contributed by atoms with Crippen LogP contribution in [0.15, 0.2) is 59.1 Å². The van der Waals surface area contributed by atoms with Crippen LogP contribution in [0.5, 0.6) is 0 Å². The van der Waals surface area contributed by atoms with Gasteiger partial charge in [0.15, 0.2) is 0 Å². The lowest BCUT2D eigenvalue weighted by Crippen LogP contribution is -2.14. The van der Waals surface area contributed by atoms with E-state index in [0.717, 1.165) is 27.7 Å². The zero-order valence-corrected chi connectivity index (χ0v) is 13.6. The minimum Gasteiger partial charge on any atom is -0.421 e. The van der Waals surface area contributed by atoms with Crippen LogP contribution < -0.4 is 5.32 Å². The summed E-state index contributed by atoms with van der Waals surface area (Å²) in [5, 5.41) is 11.8. The number of amides is 1. The van der Waals surface area contributed by atoms with Gasteiger partial charge in [0.05, 0.1) is 6.42 Å². The molecule has 0 aliphatic rings. The molecule has 0 fully saturated rings. The van der Waals surface area contributed by atoms with Gasteiger partial charge in [0.25, 0.3) is 0 Å². The van der Waals surface area contributed by atoms with Crippen molar-refractivity contribution in [1.29, 1.82) is 0 Å². The van der Waals surface area contributed by atoms with Crippen LogP contribution >= 0.6 is 0 Å². The van der Waals surface area contributed by atoms with E-state index in [1.54, 1.807) is 6.92 Å². The topological polar surface area (TPSA) is 83.8 Å². The number of aromatic nitrogens is 3. The third-order valence-corrected chi connectivity index (χ3v) is 3.97. The second kappa shape index (κ2) is 6.24. The van der Waals surface area contributed by atoms with E-state index >= 15 is 0 Å². The van der Waals surface area contributed by atoms with E-state index in [1.165, 1.54) is 0 Å². The number of H-pyrrole nitrogens is 1. The molecule has 0 aliphatic heterocycles. The Morgan fingerprint density at radius 1 is 1.12 bits per heavy atom. The van der Waals surface area contributed by atoms with Crippen LogP contribution in [0.25, 0.3) is 22.4 Å². The maximum atomic E-state index is 12.3. The van der Waals surface area contributed by atoms with Gasteiger partial charge in [-0.15, -0.1) is 10.2 Å². The molecular weight excluding hydrogens is 316 g/mol. The normalized spacial score (nSPS) is 10.9. The largest absolute Gasteiger partial charge is 0.421 e. The first kappa shape index (κ1) is 15.1. The van der Waals surface area contributed by atoms with Gasteiger partial charge >= 0.3 is 0 Å². The van der Waals surface area contributed by atoms with E-state index < -0.39 is 0 Å². The van der Waals surface area contributed by atoms with Crippen molar-refractivity contribution in [2.75, 3.05) is 5.32 Å². The number of nitrogens with one attached hydrogen (secondary N) is 2. The summed E-state index contributed by atoms with van der Waals surface area (Å²) in [6, 6.07) is 15.3. The summed E-state index contributed by atoms with van der Waals surface area (Å²) >= 11 is 0. The molecule has 2 aromatic carbocycles. The number of para-hydroxylation sites is 1. The fourth-order valence-corrected chi connectivity index (χ4v) is 2.77. The number of carbonyl (C=O) groups excluding carboxylic acids is 1. The zero-order chi connectivity index (χ0) is 17.2. The molecule has 2 N–H and O–H groups in total. The highest BCUT2D eigenvalue weighted by Crippen LogP contribution is 2.21. The fourth-order valence-electron chi connectivity index (χ4n) is 2.77. The van der Waals surface area contributed by atoms with Crippen LogP contribution in [-0.2, 0) is 11.2 Å². The van der Waals surface area contributed by atoms with Gasteiger partial charge in [0.2, 0.25) is 17.7 Å². The smallest absolute Gasteiger partial charge is 0.247 e. The summed E-state index contributed by atoms with van der Waals surface area (Å²) in [5.41, 5.74) is 3.55. The van der Waals surface area contributed by atoms with Crippen molar-refractivity contribution in [3.63, 3.8) is 0 Å². The Bertz CT molecular complexity index is 1030. The van der Waals surface area contributed by atoms with Crippen molar-refractivity contribution in [1.82, 2.24) is 15.2 Å². The number of fused-ring (bicyclic) bond motifs is 1. The van der Waals surface area contributed by atoms with E-state index in [2.05, 4.69) is 20.5 Å². The maximum Gasteiger partial charge on any atom is 0.247 e. The van der Waals surface area contributed by atoms with E-state index in [4.69, 9.17) is 4.42 Å². The Kier molecular flexibility index (Phi) is 3.78. The van der Waals surface area contributed by atoms with Gasteiger partial charge in [-0.05, 0) is 35.9 Å². The second-order valence-electron chi connectivity index (χ2n) is 5.79. The highest BCUT2D eigenvalue weighted by atomic mass is 16.4. The van der Waals surface area contributed by atoms with Crippen molar-refractivity contribution < 1.29 is 9.21 Å². The van der Waals surface area contributed by atoms with Gasteiger partial charge in [-0.1, -0.05) is 18.2 Å². The SMILES string of the molecule is Cc1nnc(-c2ccc(NC(=O)Cc3c[nH]c4ccccc34)cc2)o1. The van der Waals surface area contributed by atoms with Gasteiger partial charge in [-0.3, -0.25) is 4.79 Å². The predicted molar refractivity (Wildman–Crippen MR) is 95.1 cm³/mol. The number of hydrogen-bond acceptors (Lipinski definition) is 4. The molecule has 0 saturated heterocycles. The highest BCUT2D eigenvalue weighted by Gasteiger charge is 2.10. The number of anilines is 1. The average molecular weight is 332 g/mol. The van der Waals surface area contributed by atoms with Crippen LogP contribution in [0, 0.1) is 6.92 Å². The molecule has 2 aromatic heterocycles. The first-order valence-corrected chi connectivity index (χ1v) is 7.94. The lowest BCUT2D eigenvalue weighted by atomic mass is 10.1. The molecule has 0 bridgehead atoms. The number of aryl methyl sites for hydroxylation is 1. The maximum absolute atomic E-state index is 12.3. The number of nitrogens with zero attached hydrogens (tertiary/aromatic N) is 2. The van der Waals surface area contributed by atoms with E-state index in [9.17, 15) is 4.79 Å². The summed E-state index contributed by atoms with van der Waals surface area (Å²) in [6.45, 7) is 1.75. The number of benzene rings is 2. The van der Waals surface area contributed by atoms with Crippen LogP contribution in [0.1, 0.15) is 11.5 Å². The molecule has 0 aliphatic carbocycles. The predicted octanol–water partition coefficient (Wildman–Crippen LogP) is 3.71. The lowest BCUT2D eigenvalue weighted by molar-refractivity contribution is -0.115. The third-order valence-electron chi connectivity index (χ3n) is 3.97. The Labute approximate surface area is 143 Å². The van der Waals surface area contributed by atoms with Crippen molar-refractivity contribution in [2.45, 2.75) is 13.3 Å². The minimum atomic E-state index is -0.0638. The highest BCUT2D eigenvalue weighted by molar-refractivity contribution is 5.95. The molecule has 6 nitrogen and oxygen atoms in total. The Morgan fingerprint density at radius 3 is 2.68 bits per heavy atom. The molecule has 4 aromatic rings. The summed E-state index contributed by atoms with van der Waals surface area (Å²) in [4.78, 5) is 15.5. The molecule has 124 valence electrons. The summed E-state index contributed by atoms with van der Waals surface area (Å²) < 4.78 is 5.39. The van der Waals surface area contributed by atoms with E-state index in [0.29, 0.717) is 18.2 Å². The monoisotopic (exact) mass is 332 g/mol. The summed E-state index contributed by atoms with van der Waals surface area (Å²) in [5.74, 6) is 0.923. The zero-order valence-electron chi connectivity index (χ0n) is 13.6. The van der Waals surface area contributed by atoms with Gasteiger partial charge in [0, 0.05) is 35.3 Å². The Balaban J connectivity index is 1.45. The first-order valence-electron chi connectivity index (χ1n) is 7.94. The van der Waals surface area contributed by atoms with Crippen molar-refractivity contribution in [3.8, 4) is 11.5 Å². The number of aromatic amines is 1. The van der Waals surface area contributed by atoms with Gasteiger partial charge in [-0.2, -0.15) is 0 Å².